The van der Waals surface area contributed by atoms with Crippen molar-refractivity contribution in [3.8, 4) is 0 Å². The van der Waals surface area contributed by atoms with E-state index in [4.69, 9.17) is 10.8 Å². The monoisotopic (exact) mass is 230 g/mol. The van der Waals surface area contributed by atoms with E-state index in [-0.39, 0.29) is 11.3 Å². The second-order valence-corrected chi connectivity index (χ2v) is 3.35. The van der Waals surface area contributed by atoms with Crippen LogP contribution < -0.4 is 10.6 Å². The van der Waals surface area contributed by atoms with Crippen LogP contribution in [0, 0.1) is 0 Å². The Morgan fingerprint density at radius 1 is 1.56 bits per heavy atom. The van der Waals surface area contributed by atoms with E-state index in [1.54, 1.807) is 0 Å². The van der Waals surface area contributed by atoms with Gasteiger partial charge in [-0.25, -0.2) is 13.6 Å². The summed E-state index contributed by atoms with van der Waals surface area (Å²) in [5.41, 5.74) is 5.87. The number of carboxylic acids is 1. The standard InChI is InChI=1S/C10H12F2N2O2/c1-14(5-9(11)12)6-2-3-8(13)7(4-6)10(15)16/h2-4,9H,5,13H2,1H3,(H,15,16). The first-order valence-electron chi connectivity index (χ1n) is 4.54. The number of carboxylic acid groups (broad SMARTS) is 1. The third kappa shape index (κ3) is 2.82. The van der Waals surface area contributed by atoms with Crippen LogP contribution in [0.3, 0.4) is 0 Å². The molecule has 0 unspecified atom stereocenters. The number of nitrogens with zero attached hydrogens (tertiary/aromatic N) is 1. The van der Waals surface area contributed by atoms with Crippen molar-refractivity contribution in [3.05, 3.63) is 23.8 Å². The summed E-state index contributed by atoms with van der Waals surface area (Å²) in [5, 5.41) is 8.81. The number of alkyl halides is 2. The Hall–Kier alpha value is -1.85. The molecule has 0 fully saturated rings. The topological polar surface area (TPSA) is 66.6 Å². The van der Waals surface area contributed by atoms with Gasteiger partial charge in [0, 0.05) is 18.4 Å². The van der Waals surface area contributed by atoms with E-state index in [1.807, 2.05) is 0 Å². The fourth-order valence-corrected chi connectivity index (χ4v) is 1.28. The molecule has 0 amide bonds. The predicted molar refractivity (Wildman–Crippen MR) is 57.1 cm³/mol. The molecule has 0 aliphatic rings. The van der Waals surface area contributed by atoms with Gasteiger partial charge >= 0.3 is 5.97 Å². The molecule has 1 rings (SSSR count). The minimum Gasteiger partial charge on any atom is -0.478 e. The number of hydrogen-bond donors (Lipinski definition) is 2. The van der Waals surface area contributed by atoms with E-state index in [0.717, 1.165) is 0 Å². The van der Waals surface area contributed by atoms with E-state index in [0.29, 0.717) is 5.69 Å². The first kappa shape index (κ1) is 12.2. The maximum atomic E-state index is 12.1. The quantitative estimate of drug-likeness (QED) is 0.772. The second-order valence-electron chi connectivity index (χ2n) is 3.35. The summed E-state index contributed by atoms with van der Waals surface area (Å²) in [5.74, 6) is -1.18. The highest BCUT2D eigenvalue weighted by molar-refractivity contribution is 5.94. The lowest BCUT2D eigenvalue weighted by atomic mass is 10.1. The average Bonchev–Trinajstić information content (AvgIpc) is 2.16. The number of benzene rings is 1. The molecule has 0 heterocycles. The largest absolute Gasteiger partial charge is 0.478 e. The molecule has 4 nitrogen and oxygen atoms in total. The first-order valence-corrected chi connectivity index (χ1v) is 4.54. The van der Waals surface area contributed by atoms with Crippen LogP contribution in [-0.4, -0.2) is 31.1 Å². The van der Waals surface area contributed by atoms with Crippen molar-refractivity contribution in [3.63, 3.8) is 0 Å². The smallest absolute Gasteiger partial charge is 0.337 e. The van der Waals surface area contributed by atoms with E-state index in [9.17, 15) is 13.6 Å². The minimum atomic E-state index is -2.48. The van der Waals surface area contributed by atoms with Gasteiger partial charge in [-0.15, -0.1) is 0 Å². The number of aromatic carboxylic acids is 1. The van der Waals surface area contributed by atoms with Crippen molar-refractivity contribution in [1.29, 1.82) is 0 Å². The number of anilines is 2. The molecule has 0 aliphatic heterocycles. The number of nitrogens with two attached hydrogens (primary N) is 1. The second kappa shape index (κ2) is 4.78. The molecule has 6 heteroatoms. The number of halogens is 2. The molecule has 1 aromatic carbocycles. The Morgan fingerprint density at radius 2 is 2.19 bits per heavy atom. The fraction of sp³-hybridized carbons (Fsp3) is 0.300. The van der Waals surface area contributed by atoms with Crippen LogP contribution in [0.2, 0.25) is 0 Å². The molecule has 0 saturated heterocycles. The number of nitrogen functional groups attached to an aromatic ring is 1. The van der Waals surface area contributed by atoms with Crippen molar-refractivity contribution in [1.82, 2.24) is 0 Å². The molecule has 3 N–H and O–H groups in total. The molecule has 0 bridgehead atoms. The van der Waals surface area contributed by atoms with Gasteiger partial charge < -0.3 is 15.7 Å². The summed E-state index contributed by atoms with van der Waals surface area (Å²) in [7, 11) is 1.46. The van der Waals surface area contributed by atoms with Gasteiger partial charge in [0.25, 0.3) is 6.43 Å². The molecule has 0 saturated carbocycles. The lowest BCUT2D eigenvalue weighted by Gasteiger charge is -2.19. The third-order valence-electron chi connectivity index (χ3n) is 2.12. The first-order chi connectivity index (χ1) is 7.41. The molecular weight excluding hydrogens is 218 g/mol. The van der Waals surface area contributed by atoms with Crippen molar-refractivity contribution in [2.75, 3.05) is 24.2 Å². The van der Waals surface area contributed by atoms with Crippen molar-refractivity contribution in [2.24, 2.45) is 0 Å². The van der Waals surface area contributed by atoms with E-state index in [1.165, 1.54) is 30.1 Å². The van der Waals surface area contributed by atoms with Gasteiger partial charge in [-0.1, -0.05) is 0 Å². The Labute approximate surface area is 91.3 Å². The summed E-state index contributed by atoms with van der Waals surface area (Å²) >= 11 is 0. The number of rotatable bonds is 4. The zero-order valence-corrected chi connectivity index (χ0v) is 8.65. The van der Waals surface area contributed by atoms with Gasteiger partial charge in [0.05, 0.1) is 12.1 Å². The van der Waals surface area contributed by atoms with Gasteiger partial charge in [0.2, 0.25) is 0 Å². The van der Waals surface area contributed by atoms with E-state index < -0.39 is 18.9 Å². The van der Waals surface area contributed by atoms with Gasteiger partial charge in [0.1, 0.15) is 0 Å². The zero-order chi connectivity index (χ0) is 12.3. The Kier molecular flexibility index (Phi) is 3.65. The van der Waals surface area contributed by atoms with E-state index >= 15 is 0 Å². The molecule has 0 aromatic heterocycles. The Bertz CT molecular complexity index is 396. The zero-order valence-electron chi connectivity index (χ0n) is 8.65. The van der Waals surface area contributed by atoms with Gasteiger partial charge in [-0.2, -0.15) is 0 Å². The van der Waals surface area contributed by atoms with Crippen LogP contribution in [0.5, 0.6) is 0 Å². The molecular formula is C10H12F2N2O2. The van der Waals surface area contributed by atoms with Crippen molar-refractivity contribution < 1.29 is 18.7 Å². The predicted octanol–water partition coefficient (Wildman–Crippen LogP) is 1.67. The van der Waals surface area contributed by atoms with Crippen LogP contribution in [0.15, 0.2) is 18.2 Å². The lowest BCUT2D eigenvalue weighted by Crippen LogP contribution is -2.24. The summed E-state index contributed by atoms with van der Waals surface area (Å²) in [6.45, 7) is -0.455. The summed E-state index contributed by atoms with van der Waals surface area (Å²) in [6, 6.07) is 4.17. The number of carbonyl (C=O) groups is 1. The maximum Gasteiger partial charge on any atom is 0.337 e. The highest BCUT2D eigenvalue weighted by Gasteiger charge is 2.13. The SMILES string of the molecule is CN(CC(F)F)c1ccc(N)c(C(=O)O)c1. The number of hydrogen-bond acceptors (Lipinski definition) is 3. The summed E-state index contributed by atoms with van der Waals surface area (Å²) < 4.78 is 24.3. The normalized spacial score (nSPS) is 10.5. The van der Waals surface area contributed by atoms with E-state index in [2.05, 4.69) is 0 Å². The summed E-state index contributed by atoms with van der Waals surface area (Å²) in [6.07, 6.45) is -2.48. The maximum absolute atomic E-state index is 12.1. The molecule has 16 heavy (non-hydrogen) atoms. The Morgan fingerprint density at radius 3 is 2.69 bits per heavy atom. The lowest BCUT2D eigenvalue weighted by molar-refractivity contribution is 0.0698. The average molecular weight is 230 g/mol. The van der Waals surface area contributed by atoms with Gasteiger partial charge in [-0.05, 0) is 18.2 Å². The highest BCUT2D eigenvalue weighted by atomic mass is 19.3. The van der Waals surface area contributed by atoms with Crippen molar-refractivity contribution >= 4 is 17.3 Å². The van der Waals surface area contributed by atoms with Crippen LogP contribution >= 0.6 is 0 Å². The van der Waals surface area contributed by atoms with Crippen LogP contribution in [0.4, 0.5) is 20.2 Å². The van der Waals surface area contributed by atoms with Crippen LogP contribution in [0.25, 0.3) is 0 Å². The van der Waals surface area contributed by atoms with Gasteiger partial charge in [0.15, 0.2) is 0 Å². The van der Waals surface area contributed by atoms with Crippen molar-refractivity contribution in [2.45, 2.75) is 6.43 Å². The van der Waals surface area contributed by atoms with Crippen LogP contribution in [0.1, 0.15) is 10.4 Å². The summed E-state index contributed by atoms with van der Waals surface area (Å²) in [4.78, 5) is 12.0. The van der Waals surface area contributed by atoms with Gasteiger partial charge in [-0.3, -0.25) is 0 Å². The third-order valence-corrected chi connectivity index (χ3v) is 2.12. The minimum absolute atomic E-state index is 0.0846. The molecule has 88 valence electrons. The Balaban J connectivity index is 2.98. The molecule has 1 aromatic rings. The molecule has 0 aliphatic carbocycles. The van der Waals surface area contributed by atoms with Crippen LogP contribution in [-0.2, 0) is 0 Å². The fourth-order valence-electron chi connectivity index (χ4n) is 1.28. The highest BCUT2D eigenvalue weighted by Crippen LogP contribution is 2.21. The molecule has 0 atom stereocenters. The molecule has 0 radical (unpaired) electrons. The molecule has 0 spiro atoms.